The summed E-state index contributed by atoms with van der Waals surface area (Å²) < 4.78 is 0. The minimum Gasteiger partial charge on any atom is -0.481 e. The van der Waals surface area contributed by atoms with E-state index in [0.29, 0.717) is 32.1 Å². The van der Waals surface area contributed by atoms with Crippen LogP contribution in [0, 0.1) is 5.92 Å². The van der Waals surface area contributed by atoms with Crippen LogP contribution in [0.25, 0.3) is 0 Å². The Labute approximate surface area is 94.8 Å². The van der Waals surface area contributed by atoms with E-state index < -0.39 is 5.97 Å². The van der Waals surface area contributed by atoms with Gasteiger partial charge in [-0.1, -0.05) is 0 Å². The van der Waals surface area contributed by atoms with Crippen LogP contribution < -0.4 is 5.32 Å². The highest BCUT2D eigenvalue weighted by molar-refractivity contribution is 5.79. The van der Waals surface area contributed by atoms with Crippen molar-refractivity contribution in [2.45, 2.75) is 31.7 Å². The van der Waals surface area contributed by atoms with Crippen molar-refractivity contribution in [3.05, 3.63) is 0 Å². The molecule has 2 rings (SSSR count). The van der Waals surface area contributed by atoms with Gasteiger partial charge in [-0.05, 0) is 25.7 Å². The first kappa shape index (κ1) is 11.4. The summed E-state index contributed by atoms with van der Waals surface area (Å²) in [4.78, 5) is 24.3. The van der Waals surface area contributed by atoms with Crippen LogP contribution in [-0.2, 0) is 9.59 Å². The van der Waals surface area contributed by atoms with Crippen molar-refractivity contribution < 1.29 is 14.7 Å². The predicted octanol–water partition coefficient (Wildman–Crippen LogP) is 0.0616. The molecule has 1 aliphatic heterocycles. The molecule has 0 bridgehead atoms. The number of likely N-dealkylation sites (tertiary alicyclic amines) is 1. The molecule has 1 aliphatic carbocycles. The van der Waals surface area contributed by atoms with Gasteiger partial charge in [0, 0.05) is 19.1 Å². The number of piperidine rings is 1. The van der Waals surface area contributed by atoms with Gasteiger partial charge in [0.25, 0.3) is 0 Å². The largest absolute Gasteiger partial charge is 0.481 e. The van der Waals surface area contributed by atoms with Crippen molar-refractivity contribution in [1.29, 1.82) is 0 Å². The predicted molar refractivity (Wildman–Crippen MR) is 58.0 cm³/mol. The third-order valence-electron chi connectivity index (χ3n) is 3.24. The Morgan fingerprint density at radius 3 is 2.69 bits per heavy atom. The average Bonchev–Trinajstić information content (AvgIpc) is 3.10. The monoisotopic (exact) mass is 226 g/mol. The maximum atomic E-state index is 11.8. The molecule has 1 heterocycles. The van der Waals surface area contributed by atoms with Gasteiger partial charge in [-0.3, -0.25) is 9.59 Å². The van der Waals surface area contributed by atoms with Gasteiger partial charge in [-0.15, -0.1) is 0 Å². The quantitative estimate of drug-likeness (QED) is 0.711. The van der Waals surface area contributed by atoms with E-state index in [1.54, 1.807) is 4.90 Å². The molecule has 1 unspecified atom stereocenters. The Balaban J connectivity index is 1.78. The van der Waals surface area contributed by atoms with Crippen molar-refractivity contribution in [2.24, 2.45) is 5.92 Å². The molecule has 5 nitrogen and oxygen atoms in total. The van der Waals surface area contributed by atoms with Crippen LogP contribution in [-0.4, -0.2) is 47.6 Å². The average molecular weight is 226 g/mol. The lowest BCUT2D eigenvalue weighted by Crippen LogP contribution is -2.46. The molecule has 0 aromatic rings. The highest BCUT2D eigenvalue weighted by atomic mass is 16.4. The van der Waals surface area contributed by atoms with E-state index in [-0.39, 0.29) is 11.8 Å². The van der Waals surface area contributed by atoms with E-state index in [1.807, 2.05) is 0 Å². The number of carboxylic acids is 1. The number of carbonyl (C=O) groups excluding carboxylic acids is 1. The molecule has 90 valence electrons. The lowest BCUT2D eigenvalue weighted by atomic mass is 9.98. The number of aliphatic carboxylic acids is 1. The summed E-state index contributed by atoms with van der Waals surface area (Å²) in [5.74, 6) is -1.12. The van der Waals surface area contributed by atoms with E-state index in [4.69, 9.17) is 5.11 Å². The van der Waals surface area contributed by atoms with Crippen LogP contribution in [0.2, 0.25) is 0 Å². The maximum Gasteiger partial charge on any atom is 0.308 e. The molecule has 5 heteroatoms. The molecule has 0 radical (unpaired) electrons. The molecule has 2 aliphatic rings. The molecule has 1 atom stereocenters. The van der Waals surface area contributed by atoms with Gasteiger partial charge in [0.15, 0.2) is 0 Å². The Hall–Kier alpha value is -1.10. The number of carbonyl (C=O) groups is 2. The summed E-state index contributed by atoms with van der Waals surface area (Å²) in [5, 5.41) is 12.1. The van der Waals surface area contributed by atoms with E-state index >= 15 is 0 Å². The molecule has 0 spiro atoms. The second-order valence-corrected chi connectivity index (χ2v) is 4.67. The maximum absolute atomic E-state index is 11.8. The number of amides is 1. The number of rotatable bonds is 4. The van der Waals surface area contributed by atoms with Crippen molar-refractivity contribution in [1.82, 2.24) is 10.2 Å². The van der Waals surface area contributed by atoms with Gasteiger partial charge < -0.3 is 15.3 Å². The van der Waals surface area contributed by atoms with E-state index in [2.05, 4.69) is 5.32 Å². The molecular formula is C11H18N2O3. The summed E-state index contributed by atoms with van der Waals surface area (Å²) in [6.07, 6.45) is 3.80. The molecule has 1 saturated carbocycles. The first-order valence-electron chi connectivity index (χ1n) is 5.91. The first-order valence-corrected chi connectivity index (χ1v) is 5.91. The fraction of sp³-hybridized carbons (Fsp3) is 0.818. The second kappa shape index (κ2) is 4.82. The smallest absolute Gasteiger partial charge is 0.308 e. The molecular weight excluding hydrogens is 208 g/mol. The Bertz CT molecular complexity index is 289. The summed E-state index contributed by atoms with van der Waals surface area (Å²) in [6.45, 7) is 1.44. The third kappa shape index (κ3) is 2.95. The standard InChI is InChI=1S/C11H18N2O3/c14-10(6-12-9-3-4-9)13-5-1-2-8(7-13)11(15)16/h8-9,12H,1-7H2,(H,15,16). The van der Waals surface area contributed by atoms with Crippen LogP contribution in [0.15, 0.2) is 0 Å². The van der Waals surface area contributed by atoms with E-state index in [9.17, 15) is 9.59 Å². The molecule has 1 amide bonds. The zero-order chi connectivity index (χ0) is 11.5. The molecule has 0 aromatic heterocycles. The summed E-state index contributed by atoms with van der Waals surface area (Å²) >= 11 is 0. The molecule has 2 fully saturated rings. The molecule has 1 saturated heterocycles. The van der Waals surface area contributed by atoms with Crippen molar-refractivity contribution in [2.75, 3.05) is 19.6 Å². The van der Waals surface area contributed by atoms with Crippen LogP contribution in [0.3, 0.4) is 0 Å². The zero-order valence-corrected chi connectivity index (χ0v) is 9.32. The fourth-order valence-corrected chi connectivity index (χ4v) is 2.04. The van der Waals surface area contributed by atoms with Crippen LogP contribution in [0.5, 0.6) is 0 Å². The zero-order valence-electron chi connectivity index (χ0n) is 9.32. The van der Waals surface area contributed by atoms with Crippen molar-refractivity contribution >= 4 is 11.9 Å². The number of carboxylic acid groups (broad SMARTS) is 1. The minimum atomic E-state index is -0.785. The Morgan fingerprint density at radius 1 is 1.31 bits per heavy atom. The van der Waals surface area contributed by atoms with Crippen LogP contribution >= 0.6 is 0 Å². The van der Waals surface area contributed by atoms with E-state index in [0.717, 1.165) is 19.3 Å². The summed E-state index contributed by atoms with van der Waals surface area (Å²) in [6, 6.07) is 0.518. The topological polar surface area (TPSA) is 69.6 Å². The Morgan fingerprint density at radius 2 is 2.06 bits per heavy atom. The number of hydrogen-bond acceptors (Lipinski definition) is 3. The fourth-order valence-electron chi connectivity index (χ4n) is 2.04. The third-order valence-corrected chi connectivity index (χ3v) is 3.24. The first-order chi connectivity index (χ1) is 7.66. The number of nitrogens with one attached hydrogen (secondary N) is 1. The van der Waals surface area contributed by atoms with Gasteiger partial charge in [0.1, 0.15) is 0 Å². The highest BCUT2D eigenvalue weighted by Gasteiger charge is 2.29. The van der Waals surface area contributed by atoms with Crippen molar-refractivity contribution in [3.8, 4) is 0 Å². The highest BCUT2D eigenvalue weighted by Crippen LogP contribution is 2.19. The van der Waals surface area contributed by atoms with Gasteiger partial charge in [-0.25, -0.2) is 0 Å². The summed E-state index contributed by atoms with van der Waals surface area (Å²) in [7, 11) is 0. The van der Waals surface area contributed by atoms with Crippen molar-refractivity contribution in [3.63, 3.8) is 0 Å². The van der Waals surface area contributed by atoms with Gasteiger partial charge in [-0.2, -0.15) is 0 Å². The molecule has 0 aromatic carbocycles. The normalized spacial score (nSPS) is 25.5. The molecule has 2 N–H and O–H groups in total. The lowest BCUT2D eigenvalue weighted by molar-refractivity contribution is -0.145. The lowest BCUT2D eigenvalue weighted by Gasteiger charge is -2.30. The van der Waals surface area contributed by atoms with Crippen LogP contribution in [0.4, 0.5) is 0 Å². The number of nitrogens with zero attached hydrogens (tertiary/aromatic N) is 1. The second-order valence-electron chi connectivity index (χ2n) is 4.67. The van der Waals surface area contributed by atoms with Gasteiger partial charge in [0.2, 0.25) is 5.91 Å². The van der Waals surface area contributed by atoms with Crippen LogP contribution in [0.1, 0.15) is 25.7 Å². The number of hydrogen-bond donors (Lipinski definition) is 2. The van der Waals surface area contributed by atoms with Gasteiger partial charge in [0.05, 0.1) is 12.5 Å². The molecule has 16 heavy (non-hydrogen) atoms. The Kier molecular flexibility index (Phi) is 3.43. The minimum absolute atomic E-state index is 0.0397. The SMILES string of the molecule is O=C(O)C1CCCN(C(=O)CNC2CC2)C1. The van der Waals surface area contributed by atoms with E-state index in [1.165, 1.54) is 0 Å². The van der Waals surface area contributed by atoms with Gasteiger partial charge >= 0.3 is 5.97 Å². The summed E-state index contributed by atoms with van der Waals surface area (Å²) in [5.41, 5.74) is 0.